The number of aliphatic hydroxyl groups excluding tert-OH is 1. The van der Waals surface area contributed by atoms with Crippen molar-refractivity contribution >= 4 is 21.7 Å². The minimum Gasteiger partial charge on any atom is -0.390 e. The van der Waals surface area contributed by atoms with Crippen LogP contribution >= 0.6 is 0 Å². The third kappa shape index (κ3) is 4.64. The minimum absolute atomic E-state index is 0.479. The number of hydrogen-bond acceptors (Lipinski definition) is 2. The predicted molar refractivity (Wildman–Crippen MR) is 153 cm³/mol. The summed E-state index contributed by atoms with van der Waals surface area (Å²) in [4.78, 5) is 2.16. The van der Waals surface area contributed by atoms with Gasteiger partial charge in [-0.15, -0.1) is 13.2 Å². The zero-order valence-electron chi connectivity index (χ0n) is 20.6. The van der Waals surface area contributed by atoms with Gasteiger partial charge in [0.25, 0.3) is 0 Å². The molecular weight excluding hydrogens is 440 g/mol. The Morgan fingerprint density at radius 1 is 0.722 bits per heavy atom. The molecule has 1 N–H and O–H groups in total. The van der Waals surface area contributed by atoms with Crippen molar-refractivity contribution in [1.82, 2.24) is 9.47 Å². The van der Waals surface area contributed by atoms with Gasteiger partial charge in [-0.05, 0) is 16.5 Å². The number of fused-ring (bicyclic) bond motifs is 3. The summed E-state index contributed by atoms with van der Waals surface area (Å²) in [6.45, 7) is 10.2. The van der Waals surface area contributed by atoms with Crippen molar-refractivity contribution in [3.8, 4) is 22.4 Å². The molecule has 3 heteroatoms. The molecule has 0 aliphatic rings. The molecule has 1 heterocycles. The zero-order valence-corrected chi connectivity index (χ0v) is 20.6. The highest BCUT2D eigenvalue weighted by Crippen LogP contribution is 2.43. The summed E-state index contributed by atoms with van der Waals surface area (Å²) in [5.74, 6) is 0. The largest absolute Gasteiger partial charge is 0.390 e. The Labute approximate surface area is 213 Å². The van der Waals surface area contributed by atoms with Crippen LogP contribution in [0.1, 0.15) is 0 Å². The van der Waals surface area contributed by atoms with Gasteiger partial charge in [0.05, 0.1) is 23.9 Å². The van der Waals surface area contributed by atoms with Crippen molar-refractivity contribution in [2.75, 3.05) is 19.6 Å². The van der Waals surface area contributed by atoms with Gasteiger partial charge >= 0.3 is 0 Å². The zero-order chi connectivity index (χ0) is 24.9. The van der Waals surface area contributed by atoms with Gasteiger partial charge < -0.3 is 9.67 Å². The highest BCUT2D eigenvalue weighted by molar-refractivity contribution is 6.15. The van der Waals surface area contributed by atoms with Gasteiger partial charge in [-0.3, -0.25) is 4.90 Å². The normalized spacial score (nSPS) is 12.3. The first kappa shape index (κ1) is 23.8. The molecule has 0 saturated heterocycles. The lowest BCUT2D eigenvalue weighted by Crippen LogP contribution is -2.35. The molecule has 0 radical (unpaired) electrons. The van der Waals surface area contributed by atoms with Crippen molar-refractivity contribution in [2.45, 2.75) is 12.6 Å². The van der Waals surface area contributed by atoms with Crippen molar-refractivity contribution in [3.05, 3.63) is 122 Å². The lowest BCUT2D eigenvalue weighted by Gasteiger charge is -2.24. The Morgan fingerprint density at radius 3 is 2.00 bits per heavy atom. The van der Waals surface area contributed by atoms with Gasteiger partial charge in [-0.1, -0.05) is 109 Å². The van der Waals surface area contributed by atoms with Gasteiger partial charge in [0.1, 0.15) is 0 Å². The highest BCUT2D eigenvalue weighted by Gasteiger charge is 2.23. The molecule has 0 amide bonds. The third-order valence-electron chi connectivity index (χ3n) is 6.69. The molecule has 0 spiro atoms. The summed E-state index contributed by atoms with van der Waals surface area (Å²) in [6, 6.07) is 34.1. The maximum Gasteiger partial charge on any atom is 0.0846 e. The second-order valence-electron chi connectivity index (χ2n) is 9.20. The van der Waals surface area contributed by atoms with Crippen LogP contribution in [0.25, 0.3) is 44.1 Å². The minimum atomic E-state index is -0.564. The monoisotopic (exact) mass is 472 g/mol. The SMILES string of the molecule is C=CCN(CC=C)CC(O)Cn1c(-c2ccccc2)c(-c2ccccc2)c2ccc3ccccc3c21. The predicted octanol–water partition coefficient (Wildman–Crippen LogP) is 7.16. The fourth-order valence-corrected chi connectivity index (χ4v) is 5.25. The molecule has 180 valence electrons. The van der Waals surface area contributed by atoms with Crippen LogP contribution in [0.15, 0.2) is 122 Å². The lowest BCUT2D eigenvalue weighted by atomic mass is 9.97. The van der Waals surface area contributed by atoms with E-state index in [-0.39, 0.29) is 0 Å². The van der Waals surface area contributed by atoms with E-state index in [9.17, 15) is 5.11 Å². The van der Waals surface area contributed by atoms with Crippen LogP contribution in [-0.2, 0) is 6.54 Å². The fraction of sp³-hybridized carbons (Fsp3) is 0.152. The van der Waals surface area contributed by atoms with E-state index in [1.807, 2.05) is 18.2 Å². The molecular formula is C33H32N2O. The lowest BCUT2D eigenvalue weighted by molar-refractivity contribution is 0.110. The van der Waals surface area contributed by atoms with Crippen LogP contribution in [0, 0.1) is 0 Å². The van der Waals surface area contributed by atoms with E-state index in [2.05, 4.69) is 114 Å². The Kier molecular flexibility index (Phi) is 7.13. The average molecular weight is 473 g/mol. The number of aliphatic hydroxyl groups is 1. The van der Waals surface area contributed by atoms with Crippen molar-refractivity contribution in [3.63, 3.8) is 0 Å². The maximum atomic E-state index is 11.4. The van der Waals surface area contributed by atoms with Crippen LogP contribution in [0.4, 0.5) is 0 Å². The second-order valence-corrected chi connectivity index (χ2v) is 9.20. The molecule has 0 aliphatic carbocycles. The standard InChI is InChI=1S/C33H32N2O/c1-3-21-34(22-4-2)23-28(36)24-35-32(27-16-9-6-10-17-27)31(26-14-7-5-8-15-26)30-20-19-25-13-11-12-18-29(25)33(30)35/h3-20,28,36H,1-2,21-24H2. The smallest absolute Gasteiger partial charge is 0.0846 e. The molecule has 36 heavy (non-hydrogen) atoms. The number of aromatic nitrogens is 1. The van der Waals surface area contributed by atoms with E-state index in [0.717, 1.165) is 16.8 Å². The van der Waals surface area contributed by atoms with Crippen molar-refractivity contribution in [2.24, 2.45) is 0 Å². The van der Waals surface area contributed by atoms with E-state index in [1.165, 1.54) is 27.3 Å². The molecule has 0 bridgehead atoms. The topological polar surface area (TPSA) is 28.4 Å². The van der Waals surface area contributed by atoms with E-state index in [4.69, 9.17) is 0 Å². The number of benzene rings is 4. The van der Waals surface area contributed by atoms with E-state index < -0.39 is 6.10 Å². The first-order valence-electron chi connectivity index (χ1n) is 12.5. The molecule has 1 atom stereocenters. The summed E-state index contributed by atoms with van der Waals surface area (Å²) in [5.41, 5.74) is 5.79. The highest BCUT2D eigenvalue weighted by atomic mass is 16.3. The van der Waals surface area contributed by atoms with E-state index >= 15 is 0 Å². The Bertz CT molecular complexity index is 1470. The van der Waals surface area contributed by atoms with Crippen LogP contribution in [-0.4, -0.2) is 40.3 Å². The van der Waals surface area contributed by atoms with E-state index in [0.29, 0.717) is 26.2 Å². The van der Waals surface area contributed by atoms with Gasteiger partial charge in [0.2, 0.25) is 0 Å². The molecule has 0 fully saturated rings. The Balaban J connectivity index is 1.77. The van der Waals surface area contributed by atoms with Gasteiger partial charge in [-0.2, -0.15) is 0 Å². The van der Waals surface area contributed by atoms with Gasteiger partial charge in [0.15, 0.2) is 0 Å². The number of nitrogens with zero attached hydrogens (tertiary/aromatic N) is 2. The first-order valence-corrected chi connectivity index (χ1v) is 12.5. The molecule has 5 rings (SSSR count). The average Bonchev–Trinajstić information content (AvgIpc) is 3.24. The van der Waals surface area contributed by atoms with Crippen molar-refractivity contribution < 1.29 is 5.11 Å². The fourth-order valence-electron chi connectivity index (χ4n) is 5.25. The summed E-state index contributed by atoms with van der Waals surface area (Å²) < 4.78 is 2.33. The Hall–Kier alpha value is -3.92. The molecule has 1 aromatic heterocycles. The molecule has 0 saturated carbocycles. The van der Waals surface area contributed by atoms with Gasteiger partial charge in [0, 0.05) is 36.0 Å². The van der Waals surface area contributed by atoms with Crippen LogP contribution in [0.3, 0.4) is 0 Å². The molecule has 3 nitrogen and oxygen atoms in total. The van der Waals surface area contributed by atoms with Crippen LogP contribution in [0.5, 0.6) is 0 Å². The molecule has 1 unspecified atom stereocenters. The molecule has 0 aliphatic heterocycles. The molecule has 5 aromatic rings. The summed E-state index contributed by atoms with van der Waals surface area (Å²) in [5, 5.41) is 15.0. The molecule has 4 aromatic carbocycles. The second kappa shape index (κ2) is 10.8. The van der Waals surface area contributed by atoms with E-state index in [1.54, 1.807) is 0 Å². The maximum absolute atomic E-state index is 11.4. The Morgan fingerprint density at radius 2 is 1.33 bits per heavy atom. The third-order valence-corrected chi connectivity index (χ3v) is 6.69. The van der Waals surface area contributed by atoms with Crippen molar-refractivity contribution in [1.29, 1.82) is 0 Å². The van der Waals surface area contributed by atoms with Crippen LogP contribution < -0.4 is 0 Å². The summed E-state index contributed by atoms with van der Waals surface area (Å²) in [7, 11) is 0. The first-order chi connectivity index (χ1) is 17.7. The quantitative estimate of drug-likeness (QED) is 0.218. The number of hydrogen-bond donors (Lipinski definition) is 1. The summed E-state index contributed by atoms with van der Waals surface area (Å²) >= 11 is 0. The summed E-state index contributed by atoms with van der Waals surface area (Å²) in [6.07, 6.45) is 3.18. The number of rotatable bonds is 10. The van der Waals surface area contributed by atoms with Gasteiger partial charge in [-0.25, -0.2) is 0 Å². The van der Waals surface area contributed by atoms with Crippen LogP contribution in [0.2, 0.25) is 0 Å².